The molecule has 1 atom stereocenters. The average Bonchev–Trinajstić information content (AvgIpc) is 2.99. The van der Waals surface area contributed by atoms with Gasteiger partial charge in [-0.1, -0.05) is 13.8 Å². The lowest BCUT2D eigenvalue weighted by Gasteiger charge is -2.42. The highest BCUT2D eigenvalue weighted by atomic mass is 15.3. The minimum Gasteiger partial charge on any atom is -0.338 e. The second-order valence-corrected chi connectivity index (χ2v) is 6.76. The number of piperazine rings is 1. The van der Waals surface area contributed by atoms with Gasteiger partial charge in [-0.3, -0.25) is 4.90 Å². The van der Waals surface area contributed by atoms with Crippen molar-refractivity contribution in [2.45, 2.75) is 20.3 Å². The van der Waals surface area contributed by atoms with E-state index in [0.717, 1.165) is 38.0 Å². The van der Waals surface area contributed by atoms with Crippen LogP contribution in [-0.2, 0) is 0 Å². The summed E-state index contributed by atoms with van der Waals surface area (Å²) in [6.45, 7) is 12.6. The predicted octanol–water partition coefficient (Wildman–Crippen LogP) is 1.23. The van der Waals surface area contributed by atoms with Crippen molar-refractivity contribution >= 4 is 5.95 Å². The van der Waals surface area contributed by atoms with Gasteiger partial charge in [-0.2, -0.15) is 0 Å². The third-order valence-corrected chi connectivity index (χ3v) is 5.25. The molecule has 1 aromatic rings. The van der Waals surface area contributed by atoms with Crippen LogP contribution in [0, 0.1) is 11.3 Å². The Balaban J connectivity index is 1.56. The first-order valence-corrected chi connectivity index (χ1v) is 8.15. The van der Waals surface area contributed by atoms with Crippen molar-refractivity contribution in [2.24, 2.45) is 11.3 Å². The Hall–Kier alpha value is -1.20. The molecular weight excluding hydrogens is 262 g/mol. The van der Waals surface area contributed by atoms with Gasteiger partial charge < -0.3 is 10.2 Å². The van der Waals surface area contributed by atoms with Crippen LogP contribution in [0.1, 0.15) is 20.3 Å². The lowest BCUT2D eigenvalue weighted by Crippen LogP contribution is -2.51. The zero-order chi connectivity index (χ0) is 14.7. The molecule has 0 aliphatic carbocycles. The highest BCUT2D eigenvalue weighted by Crippen LogP contribution is 2.35. The van der Waals surface area contributed by atoms with E-state index in [2.05, 4.69) is 38.9 Å². The molecule has 0 spiro atoms. The van der Waals surface area contributed by atoms with Gasteiger partial charge in [0.1, 0.15) is 0 Å². The summed E-state index contributed by atoms with van der Waals surface area (Å²) in [6, 6.07) is 1.87. The van der Waals surface area contributed by atoms with Crippen LogP contribution in [0.3, 0.4) is 0 Å². The van der Waals surface area contributed by atoms with Gasteiger partial charge in [0.15, 0.2) is 0 Å². The summed E-state index contributed by atoms with van der Waals surface area (Å²) in [5.41, 5.74) is 0.464. The largest absolute Gasteiger partial charge is 0.338 e. The van der Waals surface area contributed by atoms with Gasteiger partial charge in [0.2, 0.25) is 5.95 Å². The molecule has 0 aromatic carbocycles. The van der Waals surface area contributed by atoms with Crippen LogP contribution >= 0.6 is 0 Å². The Morgan fingerprint density at radius 2 is 1.90 bits per heavy atom. The van der Waals surface area contributed by atoms with Crippen LogP contribution in [0.25, 0.3) is 0 Å². The van der Waals surface area contributed by atoms with Crippen LogP contribution in [0.5, 0.6) is 0 Å². The normalized spacial score (nSPS) is 27.5. The molecule has 21 heavy (non-hydrogen) atoms. The van der Waals surface area contributed by atoms with Crippen LogP contribution < -0.4 is 10.2 Å². The zero-order valence-electron chi connectivity index (χ0n) is 13.3. The van der Waals surface area contributed by atoms with Gasteiger partial charge in [0.05, 0.1) is 0 Å². The first-order valence-electron chi connectivity index (χ1n) is 8.15. The summed E-state index contributed by atoms with van der Waals surface area (Å²) in [7, 11) is 0. The quantitative estimate of drug-likeness (QED) is 0.903. The third kappa shape index (κ3) is 3.19. The lowest BCUT2D eigenvalue weighted by atomic mass is 9.76. The molecular formula is C16H27N5. The molecule has 0 radical (unpaired) electrons. The van der Waals surface area contributed by atoms with Crippen molar-refractivity contribution in [3.8, 4) is 0 Å². The zero-order valence-corrected chi connectivity index (χ0v) is 13.3. The number of hydrogen-bond acceptors (Lipinski definition) is 5. The number of nitrogens with zero attached hydrogens (tertiary/aromatic N) is 4. The highest BCUT2D eigenvalue weighted by Gasteiger charge is 2.38. The fourth-order valence-electron chi connectivity index (χ4n) is 3.58. The molecule has 5 nitrogen and oxygen atoms in total. The molecule has 0 amide bonds. The van der Waals surface area contributed by atoms with E-state index in [1.165, 1.54) is 26.1 Å². The number of rotatable bonds is 4. The molecule has 2 saturated heterocycles. The fraction of sp³-hybridized carbons (Fsp3) is 0.750. The predicted molar refractivity (Wildman–Crippen MR) is 85.4 cm³/mol. The summed E-state index contributed by atoms with van der Waals surface area (Å²) in [4.78, 5) is 13.6. The van der Waals surface area contributed by atoms with Crippen LogP contribution in [0.15, 0.2) is 18.5 Å². The van der Waals surface area contributed by atoms with Crippen molar-refractivity contribution in [2.75, 3.05) is 50.7 Å². The van der Waals surface area contributed by atoms with E-state index in [1.807, 2.05) is 18.5 Å². The molecule has 116 valence electrons. The first-order chi connectivity index (χ1) is 10.2. The molecule has 1 N–H and O–H groups in total. The Morgan fingerprint density at radius 1 is 1.19 bits per heavy atom. The maximum atomic E-state index is 4.36. The second kappa shape index (κ2) is 6.28. The van der Waals surface area contributed by atoms with E-state index in [0.29, 0.717) is 5.41 Å². The van der Waals surface area contributed by atoms with Crippen molar-refractivity contribution in [1.82, 2.24) is 20.2 Å². The average molecular weight is 289 g/mol. The van der Waals surface area contributed by atoms with E-state index in [-0.39, 0.29) is 0 Å². The van der Waals surface area contributed by atoms with E-state index in [9.17, 15) is 0 Å². The molecule has 0 saturated carbocycles. The second-order valence-electron chi connectivity index (χ2n) is 6.76. The Kier molecular flexibility index (Phi) is 4.40. The molecule has 2 aliphatic rings. The summed E-state index contributed by atoms with van der Waals surface area (Å²) < 4.78 is 0. The Bertz CT molecular complexity index is 433. The molecule has 2 aliphatic heterocycles. The smallest absolute Gasteiger partial charge is 0.225 e. The van der Waals surface area contributed by atoms with Gasteiger partial charge >= 0.3 is 0 Å². The number of hydrogen-bond donors (Lipinski definition) is 1. The Morgan fingerprint density at radius 3 is 2.48 bits per heavy atom. The standard InChI is InChI=1S/C16H27N5/c1-14(2)16(4-7-17-12-16)13-20-8-10-21(11-9-20)15-18-5-3-6-19-15/h3,5-6,14,17H,4,7-13H2,1-2H3. The summed E-state index contributed by atoms with van der Waals surface area (Å²) >= 11 is 0. The molecule has 1 unspecified atom stereocenters. The SMILES string of the molecule is CC(C)C1(CN2CCN(c3ncccn3)CC2)CCNC1. The monoisotopic (exact) mass is 289 g/mol. The first kappa shape index (κ1) is 14.7. The number of aromatic nitrogens is 2. The Labute approximate surface area is 127 Å². The van der Waals surface area contributed by atoms with E-state index < -0.39 is 0 Å². The van der Waals surface area contributed by atoms with Crippen molar-refractivity contribution in [3.05, 3.63) is 18.5 Å². The lowest BCUT2D eigenvalue weighted by molar-refractivity contribution is 0.112. The summed E-state index contributed by atoms with van der Waals surface area (Å²) in [5, 5.41) is 3.56. The van der Waals surface area contributed by atoms with Crippen LogP contribution in [0.4, 0.5) is 5.95 Å². The van der Waals surface area contributed by atoms with Crippen molar-refractivity contribution in [1.29, 1.82) is 0 Å². The number of nitrogens with one attached hydrogen (secondary N) is 1. The van der Waals surface area contributed by atoms with Gasteiger partial charge in [-0.25, -0.2) is 9.97 Å². The summed E-state index contributed by atoms with van der Waals surface area (Å²) in [5.74, 6) is 1.61. The number of anilines is 1. The highest BCUT2D eigenvalue weighted by molar-refractivity contribution is 5.29. The topological polar surface area (TPSA) is 44.3 Å². The molecule has 2 fully saturated rings. The molecule has 5 heteroatoms. The molecule has 1 aromatic heterocycles. The summed E-state index contributed by atoms with van der Waals surface area (Å²) in [6.07, 6.45) is 4.96. The maximum Gasteiger partial charge on any atom is 0.225 e. The van der Waals surface area contributed by atoms with Gasteiger partial charge in [-0.15, -0.1) is 0 Å². The maximum absolute atomic E-state index is 4.36. The molecule has 3 heterocycles. The van der Waals surface area contributed by atoms with E-state index in [4.69, 9.17) is 0 Å². The molecule has 3 rings (SSSR count). The van der Waals surface area contributed by atoms with Gasteiger partial charge in [0.25, 0.3) is 0 Å². The fourth-order valence-corrected chi connectivity index (χ4v) is 3.58. The van der Waals surface area contributed by atoms with E-state index in [1.54, 1.807) is 0 Å². The van der Waals surface area contributed by atoms with Crippen LogP contribution in [0.2, 0.25) is 0 Å². The van der Waals surface area contributed by atoms with E-state index >= 15 is 0 Å². The van der Waals surface area contributed by atoms with Crippen molar-refractivity contribution in [3.63, 3.8) is 0 Å². The van der Waals surface area contributed by atoms with Gasteiger partial charge in [-0.05, 0) is 30.4 Å². The molecule has 0 bridgehead atoms. The van der Waals surface area contributed by atoms with Crippen molar-refractivity contribution < 1.29 is 0 Å². The minimum absolute atomic E-state index is 0.464. The van der Waals surface area contributed by atoms with Gasteiger partial charge in [0, 0.05) is 51.7 Å². The third-order valence-electron chi connectivity index (χ3n) is 5.25. The minimum atomic E-state index is 0.464. The van der Waals surface area contributed by atoms with Crippen LogP contribution in [-0.4, -0.2) is 60.7 Å².